The molecule has 0 saturated carbocycles. The number of carbonyl (C=O) groups excluding carboxylic acids is 1. The molecule has 0 aliphatic carbocycles. The molecule has 0 aliphatic rings. The molecule has 1 heterocycles. The van der Waals surface area contributed by atoms with E-state index < -0.39 is 5.82 Å². The topological polar surface area (TPSA) is 63.2 Å². The molecule has 0 fully saturated rings. The van der Waals surface area contributed by atoms with Crippen LogP contribution in [0.4, 0.5) is 14.3 Å². The lowest BCUT2D eigenvalue weighted by atomic mass is 10.3. The molecule has 0 spiro atoms. The van der Waals surface area contributed by atoms with Gasteiger partial charge in [0.15, 0.2) is 5.13 Å². The highest BCUT2D eigenvalue weighted by Gasteiger charge is 2.09. The number of benzene rings is 1. The largest absolute Gasteiger partial charge is 0.383 e. The van der Waals surface area contributed by atoms with Crippen molar-refractivity contribution < 1.29 is 13.9 Å². The maximum absolute atomic E-state index is 13.4. The van der Waals surface area contributed by atoms with Gasteiger partial charge in [0.1, 0.15) is 11.3 Å². The Morgan fingerprint density at radius 3 is 3.11 bits per heavy atom. The van der Waals surface area contributed by atoms with Crippen molar-refractivity contribution in [1.29, 1.82) is 0 Å². The molecule has 2 N–H and O–H groups in total. The van der Waals surface area contributed by atoms with Gasteiger partial charge in [-0.1, -0.05) is 17.4 Å². The maximum atomic E-state index is 13.4. The second-order valence-electron chi connectivity index (χ2n) is 3.48. The van der Waals surface area contributed by atoms with Crippen LogP contribution in [0, 0.1) is 5.82 Å². The second kappa shape index (κ2) is 5.74. The molecule has 0 radical (unpaired) electrons. The molecule has 2 amide bonds. The first kappa shape index (κ1) is 12.7. The van der Waals surface area contributed by atoms with Crippen LogP contribution in [0.5, 0.6) is 0 Å². The van der Waals surface area contributed by atoms with Crippen LogP contribution in [0.25, 0.3) is 10.2 Å². The highest BCUT2D eigenvalue weighted by molar-refractivity contribution is 7.22. The number of hydrogen-bond donors (Lipinski definition) is 2. The SMILES string of the molecule is COCCNC(=O)Nc1nc2c(F)cccc2s1. The standard InChI is InChI=1S/C11H12FN3O2S/c1-17-6-5-13-10(16)15-11-14-9-7(12)3-2-4-8(9)18-11/h2-4H,5-6H2,1H3,(H2,13,14,15,16). The first-order valence-electron chi connectivity index (χ1n) is 5.29. The predicted molar refractivity (Wildman–Crippen MR) is 68.5 cm³/mol. The van der Waals surface area contributed by atoms with Crippen LogP contribution >= 0.6 is 11.3 Å². The third kappa shape index (κ3) is 2.93. The van der Waals surface area contributed by atoms with E-state index in [1.54, 1.807) is 19.2 Å². The normalized spacial score (nSPS) is 10.6. The van der Waals surface area contributed by atoms with Gasteiger partial charge < -0.3 is 10.1 Å². The summed E-state index contributed by atoms with van der Waals surface area (Å²) < 4.78 is 18.9. The number of nitrogens with zero attached hydrogens (tertiary/aromatic N) is 1. The lowest BCUT2D eigenvalue weighted by molar-refractivity contribution is 0.198. The van der Waals surface area contributed by atoms with Crippen molar-refractivity contribution in [2.75, 3.05) is 25.6 Å². The number of urea groups is 1. The number of nitrogens with one attached hydrogen (secondary N) is 2. The fraction of sp³-hybridized carbons (Fsp3) is 0.273. The number of amides is 2. The summed E-state index contributed by atoms with van der Waals surface area (Å²) in [7, 11) is 1.55. The molecule has 0 aliphatic heterocycles. The third-order valence-electron chi connectivity index (χ3n) is 2.18. The van der Waals surface area contributed by atoms with Gasteiger partial charge in [0.25, 0.3) is 0 Å². The first-order valence-corrected chi connectivity index (χ1v) is 6.11. The minimum Gasteiger partial charge on any atom is -0.383 e. The zero-order valence-electron chi connectivity index (χ0n) is 9.70. The van der Waals surface area contributed by atoms with Gasteiger partial charge >= 0.3 is 6.03 Å². The highest BCUT2D eigenvalue weighted by atomic mass is 32.1. The minimum absolute atomic E-state index is 0.273. The number of thiazole rings is 1. The highest BCUT2D eigenvalue weighted by Crippen LogP contribution is 2.27. The Balaban J connectivity index is 2.03. The van der Waals surface area contributed by atoms with Gasteiger partial charge in [-0.05, 0) is 12.1 Å². The quantitative estimate of drug-likeness (QED) is 0.836. The van der Waals surface area contributed by atoms with E-state index in [-0.39, 0.29) is 11.5 Å². The van der Waals surface area contributed by atoms with Crippen molar-refractivity contribution in [3.8, 4) is 0 Å². The van der Waals surface area contributed by atoms with E-state index in [2.05, 4.69) is 15.6 Å². The molecule has 0 atom stereocenters. The van der Waals surface area contributed by atoms with Crippen molar-refractivity contribution in [3.63, 3.8) is 0 Å². The van der Waals surface area contributed by atoms with E-state index >= 15 is 0 Å². The van der Waals surface area contributed by atoms with E-state index in [1.165, 1.54) is 17.4 Å². The second-order valence-corrected chi connectivity index (χ2v) is 4.51. The van der Waals surface area contributed by atoms with Gasteiger partial charge in [-0.3, -0.25) is 5.32 Å². The number of hydrogen-bond acceptors (Lipinski definition) is 4. The van der Waals surface area contributed by atoms with Crippen LogP contribution in [-0.2, 0) is 4.74 Å². The van der Waals surface area contributed by atoms with Crippen LogP contribution < -0.4 is 10.6 Å². The monoisotopic (exact) mass is 269 g/mol. The molecule has 1 aromatic heterocycles. The maximum Gasteiger partial charge on any atom is 0.321 e. The Morgan fingerprint density at radius 2 is 2.39 bits per heavy atom. The lowest BCUT2D eigenvalue weighted by Gasteiger charge is -2.03. The predicted octanol–water partition coefficient (Wildman–Crippen LogP) is 2.20. The van der Waals surface area contributed by atoms with Gasteiger partial charge in [-0.15, -0.1) is 0 Å². The molecule has 0 bridgehead atoms. The van der Waals surface area contributed by atoms with E-state index in [4.69, 9.17) is 4.74 Å². The van der Waals surface area contributed by atoms with Crippen LogP contribution in [0.3, 0.4) is 0 Å². The summed E-state index contributed by atoms with van der Waals surface area (Å²) in [6.07, 6.45) is 0. The summed E-state index contributed by atoms with van der Waals surface area (Å²) in [4.78, 5) is 15.5. The molecular weight excluding hydrogens is 257 g/mol. The third-order valence-corrected chi connectivity index (χ3v) is 3.12. The van der Waals surface area contributed by atoms with E-state index in [9.17, 15) is 9.18 Å². The number of halogens is 1. The Kier molecular flexibility index (Phi) is 4.06. The summed E-state index contributed by atoms with van der Waals surface area (Å²) in [5.41, 5.74) is 0.273. The fourth-order valence-electron chi connectivity index (χ4n) is 1.38. The van der Waals surface area contributed by atoms with Crippen molar-refractivity contribution in [3.05, 3.63) is 24.0 Å². The van der Waals surface area contributed by atoms with E-state index in [0.717, 1.165) is 0 Å². The van der Waals surface area contributed by atoms with Crippen LogP contribution in [0.1, 0.15) is 0 Å². The number of carbonyl (C=O) groups is 1. The molecule has 2 aromatic rings. The molecule has 96 valence electrons. The number of rotatable bonds is 4. The summed E-state index contributed by atoms with van der Waals surface area (Å²) in [5, 5.41) is 5.51. The van der Waals surface area contributed by atoms with Crippen molar-refractivity contribution in [2.45, 2.75) is 0 Å². The van der Waals surface area contributed by atoms with E-state index in [0.29, 0.717) is 23.0 Å². The number of methoxy groups -OCH3 is 1. The molecule has 0 unspecified atom stereocenters. The molecule has 2 rings (SSSR count). The van der Waals surface area contributed by atoms with E-state index in [1.807, 2.05) is 0 Å². The average molecular weight is 269 g/mol. The average Bonchev–Trinajstić information content (AvgIpc) is 2.73. The minimum atomic E-state index is -0.392. The molecule has 1 aromatic carbocycles. The van der Waals surface area contributed by atoms with Crippen molar-refractivity contribution >= 4 is 32.7 Å². The van der Waals surface area contributed by atoms with Crippen LogP contribution in [0.15, 0.2) is 18.2 Å². The molecule has 0 saturated heterocycles. The van der Waals surface area contributed by atoms with Crippen LogP contribution in [0.2, 0.25) is 0 Å². The Morgan fingerprint density at radius 1 is 1.56 bits per heavy atom. The van der Waals surface area contributed by atoms with Gasteiger partial charge in [0.2, 0.25) is 0 Å². The number of aromatic nitrogens is 1. The number of para-hydroxylation sites is 1. The molecule has 7 heteroatoms. The van der Waals surface area contributed by atoms with Gasteiger partial charge in [-0.25, -0.2) is 14.2 Å². The Labute approximate surface area is 107 Å². The van der Waals surface area contributed by atoms with Crippen LogP contribution in [-0.4, -0.2) is 31.3 Å². The number of anilines is 1. The number of fused-ring (bicyclic) bond motifs is 1. The zero-order valence-corrected chi connectivity index (χ0v) is 10.5. The summed E-state index contributed by atoms with van der Waals surface area (Å²) in [6.45, 7) is 0.837. The summed E-state index contributed by atoms with van der Waals surface area (Å²) in [5.74, 6) is -0.392. The summed E-state index contributed by atoms with van der Waals surface area (Å²) >= 11 is 1.22. The summed E-state index contributed by atoms with van der Waals surface area (Å²) in [6, 6.07) is 4.32. The molecule has 5 nitrogen and oxygen atoms in total. The number of ether oxygens (including phenoxy) is 1. The molecule has 18 heavy (non-hydrogen) atoms. The molecular formula is C11H12FN3O2S. The van der Waals surface area contributed by atoms with Crippen molar-refractivity contribution in [2.24, 2.45) is 0 Å². The Bertz CT molecular complexity index is 558. The lowest BCUT2D eigenvalue weighted by Crippen LogP contribution is -2.31. The van der Waals surface area contributed by atoms with Gasteiger partial charge in [-0.2, -0.15) is 0 Å². The zero-order chi connectivity index (χ0) is 13.0. The Hall–Kier alpha value is -1.73. The van der Waals surface area contributed by atoms with Crippen molar-refractivity contribution in [1.82, 2.24) is 10.3 Å². The smallest absolute Gasteiger partial charge is 0.321 e. The van der Waals surface area contributed by atoms with Gasteiger partial charge in [0.05, 0.1) is 11.3 Å². The van der Waals surface area contributed by atoms with Gasteiger partial charge in [0, 0.05) is 13.7 Å². The fourth-order valence-corrected chi connectivity index (χ4v) is 2.25. The first-order chi connectivity index (χ1) is 8.70.